The van der Waals surface area contributed by atoms with Crippen LogP contribution in [0, 0.1) is 6.92 Å². The summed E-state index contributed by atoms with van der Waals surface area (Å²) in [7, 11) is -2.72. The topological polar surface area (TPSA) is 92.8 Å². The second kappa shape index (κ2) is 10.3. The number of carbonyl (C=O) groups excluding carboxylic acids is 2. The Hall–Kier alpha value is -3.65. The van der Waals surface area contributed by atoms with E-state index >= 15 is 0 Å². The Labute approximate surface area is 194 Å². The van der Waals surface area contributed by atoms with Gasteiger partial charge in [-0.05, 0) is 60.9 Å². The van der Waals surface area contributed by atoms with Gasteiger partial charge in [-0.2, -0.15) is 0 Å². The van der Waals surface area contributed by atoms with Gasteiger partial charge < -0.3 is 10.1 Å². The minimum Gasteiger partial charge on any atom is -0.465 e. The number of carbonyl (C=O) groups is 2. The van der Waals surface area contributed by atoms with Gasteiger partial charge in [0, 0.05) is 5.69 Å². The highest BCUT2D eigenvalue weighted by molar-refractivity contribution is 7.92. The number of methoxy groups -OCH3 is 1. The summed E-state index contributed by atoms with van der Waals surface area (Å²) in [5.74, 6) is -1.06. The zero-order chi connectivity index (χ0) is 24.0. The zero-order valence-corrected chi connectivity index (χ0v) is 19.6. The lowest BCUT2D eigenvalue weighted by Crippen LogP contribution is -2.38. The predicted octanol–water partition coefficient (Wildman–Crippen LogP) is 4.18. The lowest BCUT2D eigenvalue weighted by molar-refractivity contribution is -0.114. The van der Waals surface area contributed by atoms with Crippen molar-refractivity contribution in [3.63, 3.8) is 0 Å². The lowest BCUT2D eigenvalue weighted by Gasteiger charge is -2.24. The molecule has 0 atom stereocenters. The van der Waals surface area contributed by atoms with Crippen LogP contribution in [0.3, 0.4) is 0 Å². The van der Waals surface area contributed by atoms with Crippen LogP contribution in [0.1, 0.15) is 28.4 Å². The van der Waals surface area contributed by atoms with Crippen LogP contribution in [-0.4, -0.2) is 33.9 Å². The Bertz CT molecular complexity index is 1240. The Kier molecular flexibility index (Phi) is 7.50. The highest BCUT2D eigenvalue weighted by atomic mass is 32.2. The number of sulfonamides is 1. The highest BCUT2D eigenvalue weighted by Gasteiger charge is 2.27. The first kappa shape index (κ1) is 24.0. The van der Waals surface area contributed by atoms with Crippen LogP contribution >= 0.6 is 0 Å². The van der Waals surface area contributed by atoms with E-state index in [1.807, 2.05) is 19.1 Å². The summed E-state index contributed by atoms with van der Waals surface area (Å²) < 4.78 is 32.7. The number of ether oxygens (including phenoxy) is 1. The minimum atomic E-state index is -4.00. The molecule has 0 heterocycles. The zero-order valence-electron chi connectivity index (χ0n) is 18.7. The number of benzene rings is 3. The van der Waals surface area contributed by atoms with E-state index < -0.39 is 28.4 Å². The van der Waals surface area contributed by atoms with Crippen molar-refractivity contribution in [2.75, 3.05) is 23.3 Å². The molecule has 172 valence electrons. The van der Waals surface area contributed by atoms with Gasteiger partial charge in [-0.3, -0.25) is 9.10 Å². The first-order chi connectivity index (χ1) is 15.8. The summed E-state index contributed by atoms with van der Waals surface area (Å²) >= 11 is 0. The first-order valence-corrected chi connectivity index (χ1v) is 11.9. The molecule has 0 unspecified atom stereocenters. The monoisotopic (exact) mass is 466 g/mol. The predicted molar refractivity (Wildman–Crippen MR) is 128 cm³/mol. The standard InChI is InChI=1S/C25H26N2O5S/c1-4-19-13-15-20(16-14-19)27(33(30,31)21-9-6-5-7-10-21)17-24(28)26-23-12-8-11-22(18(23)2)25(29)32-3/h5-16H,4,17H2,1-3H3,(H,26,28). The van der Waals surface area contributed by atoms with Crippen molar-refractivity contribution >= 4 is 33.3 Å². The molecule has 7 nitrogen and oxygen atoms in total. The molecule has 1 N–H and O–H groups in total. The number of rotatable bonds is 8. The van der Waals surface area contributed by atoms with Gasteiger partial charge in [-0.25, -0.2) is 13.2 Å². The fraction of sp³-hybridized carbons (Fsp3) is 0.200. The van der Waals surface area contributed by atoms with E-state index in [2.05, 4.69) is 5.32 Å². The van der Waals surface area contributed by atoms with E-state index in [9.17, 15) is 18.0 Å². The summed E-state index contributed by atoms with van der Waals surface area (Å²) in [4.78, 5) is 25.0. The van der Waals surface area contributed by atoms with Gasteiger partial charge in [0.1, 0.15) is 6.54 Å². The molecule has 8 heteroatoms. The smallest absolute Gasteiger partial charge is 0.338 e. The van der Waals surface area contributed by atoms with Gasteiger partial charge in [0.25, 0.3) is 10.0 Å². The van der Waals surface area contributed by atoms with E-state index in [-0.39, 0.29) is 4.90 Å². The molecule has 1 amide bonds. The van der Waals surface area contributed by atoms with Crippen molar-refractivity contribution < 1.29 is 22.7 Å². The third kappa shape index (κ3) is 5.40. The largest absolute Gasteiger partial charge is 0.465 e. The van der Waals surface area contributed by atoms with Crippen molar-refractivity contribution in [1.82, 2.24) is 0 Å². The normalized spacial score (nSPS) is 11.0. The fourth-order valence-corrected chi connectivity index (χ4v) is 4.80. The van der Waals surface area contributed by atoms with Gasteiger partial charge in [0.05, 0.1) is 23.3 Å². The van der Waals surface area contributed by atoms with Crippen molar-refractivity contribution in [3.8, 4) is 0 Å². The molecule has 0 aliphatic carbocycles. The average Bonchev–Trinajstić information content (AvgIpc) is 2.84. The molecule has 0 bridgehead atoms. The SMILES string of the molecule is CCc1ccc(N(CC(=O)Nc2cccc(C(=O)OC)c2C)S(=O)(=O)c2ccccc2)cc1. The number of hydrogen-bond acceptors (Lipinski definition) is 5. The summed E-state index contributed by atoms with van der Waals surface area (Å²) in [6.07, 6.45) is 0.808. The van der Waals surface area contributed by atoms with E-state index in [0.29, 0.717) is 22.5 Å². The lowest BCUT2D eigenvalue weighted by atomic mass is 10.1. The van der Waals surface area contributed by atoms with E-state index in [0.717, 1.165) is 16.3 Å². The highest BCUT2D eigenvalue weighted by Crippen LogP contribution is 2.25. The minimum absolute atomic E-state index is 0.0845. The molecule has 0 aromatic heterocycles. The van der Waals surface area contributed by atoms with E-state index in [1.165, 1.54) is 19.2 Å². The molecular weight excluding hydrogens is 440 g/mol. The van der Waals surface area contributed by atoms with Gasteiger partial charge in [-0.1, -0.05) is 43.3 Å². The van der Waals surface area contributed by atoms with Crippen molar-refractivity contribution in [2.24, 2.45) is 0 Å². The fourth-order valence-electron chi connectivity index (χ4n) is 3.35. The van der Waals surface area contributed by atoms with Crippen LogP contribution in [0.15, 0.2) is 77.7 Å². The van der Waals surface area contributed by atoms with E-state index in [4.69, 9.17) is 4.74 Å². The van der Waals surface area contributed by atoms with Gasteiger partial charge in [0.2, 0.25) is 5.91 Å². The Balaban J connectivity index is 1.94. The van der Waals surface area contributed by atoms with Gasteiger partial charge in [0.15, 0.2) is 0 Å². The summed E-state index contributed by atoms with van der Waals surface area (Å²) in [5.41, 5.74) is 2.68. The molecule has 3 aromatic rings. The molecule has 0 fully saturated rings. The van der Waals surface area contributed by atoms with Crippen molar-refractivity contribution in [3.05, 3.63) is 89.5 Å². The van der Waals surface area contributed by atoms with Crippen LogP contribution in [0.25, 0.3) is 0 Å². The Morgan fingerprint density at radius 2 is 1.61 bits per heavy atom. The summed E-state index contributed by atoms with van der Waals surface area (Å²) in [5, 5.41) is 2.72. The second-order valence-corrected chi connectivity index (χ2v) is 9.22. The molecule has 3 rings (SSSR count). The molecular formula is C25H26N2O5S. The third-order valence-corrected chi connectivity index (χ3v) is 7.05. The first-order valence-electron chi connectivity index (χ1n) is 10.4. The quantitative estimate of drug-likeness (QED) is 0.503. The van der Waals surface area contributed by atoms with Crippen LogP contribution in [-0.2, 0) is 26.0 Å². The second-order valence-electron chi connectivity index (χ2n) is 7.36. The number of hydrogen-bond donors (Lipinski definition) is 1. The van der Waals surface area contributed by atoms with Crippen LogP contribution in [0.4, 0.5) is 11.4 Å². The van der Waals surface area contributed by atoms with Crippen LogP contribution < -0.4 is 9.62 Å². The molecule has 0 saturated carbocycles. The average molecular weight is 467 g/mol. The molecule has 0 saturated heterocycles. The maximum Gasteiger partial charge on any atom is 0.338 e. The molecule has 33 heavy (non-hydrogen) atoms. The molecule has 0 spiro atoms. The molecule has 0 radical (unpaired) electrons. The maximum atomic E-state index is 13.4. The summed E-state index contributed by atoms with van der Waals surface area (Å²) in [6, 6.07) is 19.9. The molecule has 3 aromatic carbocycles. The number of aryl methyl sites for hydroxylation is 1. The number of esters is 1. The number of amides is 1. The molecule has 0 aliphatic rings. The maximum absolute atomic E-state index is 13.4. The molecule has 0 aliphatic heterocycles. The third-order valence-electron chi connectivity index (χ3n) is 5.26. The van der Waals surface area contributed by atoms with Crippen molar-refractivity contribution in [1.29, 1.82) is 0 Å². The Morgan fingerprint density at radius 1 is 0.939 bits per heavy atom. The van der Waals surface area contributed by atoms with Gasteiger partial charge in [-0.15, -0.1) is 0 Å². The van der Waals surface area contributed by atoms with E-state index in [1.54, 1.807) is 55.5 Å². The van der Waals surface area contributed by atoms with Gasteiger partial charge >= 0.3 is 5.97 Å². The summed E-state index contributed by atoms with van der Waals surface area (Å²) in [6.45, 7) is 3.25. The number of anilines is 2. The van der Waals surface area contributed by atoms with Crippen LogP contribution in [0.2, 0.25) is 0 Å². The van der Waals surface area contributed by atoms with Crippen LogP contribution in [0.5, 0.6) is 0 Å². The van der Waals surface area contributed by atoms with Crippen molar-refractivity contribution in [2.45, 2.75) is 25.2 Å². The number of nitrogens with one attached hydrogen (secondary N) is 1. The number of nitrogens with zero attached hydrogens (tertiary/aromatic N) is 1. The Morgan fingerprint density at radius 3 is 2.21 bits per heavy atom.